The summed E-state index contributed by atoms with van der Waals surface area (Å²) in [4.78, 5) is 15.1. The third-order valence-corrected chi connectivity index (χ3v) is 2.22. The van der Waals surface area contributed by atoms with Crippen molar-refractivity contribution in [3.63, 3.8) is 0 Å². The van der Waals surface area contributed by atoms with Crippen LogP contribution in [0.3, 0.4) is 0 Å². The lowest BCUT2D eigenvalue weighted by atomic mass is 10.1. The van der Waals surface area contributed by atoms with E-state index in [9.17, 15) is 9.90 Å². The third-order valence-electron chi connectivity index (χ3n) is 1.64. The Balaban J connectivity index is 2.43. The first-order valence-electron chi connectivity index (χ1n) is 4.05. The van der Waals surface area contributed by atoms with Gasteiger partial charge in [0.05, 0.1) is 12.1 Å². The van der Waals surface area contributed by atoms with Gasteiger partial charge in [0, 0.05) is 11.9 Å². The van der Waals surface area contributed by atoms with Crippen LogP contribution in [-0.2, 0) is 0 Å². The van der Waals surface area contributed by atoms with Crippen molar-refractivity contribution in [3.05, 3.63) is 16.6 Å². The Morgan fingerprint density at radius 3 is 3.00 bits per heavy atom. The quantitative estimate of drug-likeness (QED) is 0.640. The molecule has 0 aliphatic heterocycles. The van der Waals surface area contributed by atoms with Gasteiger partial charge in [-0.15, -0.1) is 11.3 Å². The van der Waals surface area contributed by atoms with Crippen molar-refractivity contribution in [2.45, 2.75) is 12.5 Å². The van der Waals surface area contributed by atoms with Crippen molar-refractivity contribution >= 4 is 17.2 Å². The summed E-state index contributed by atoms with van der Waals surface area (Å²) in [6, 6.07) is 0. The number of hydrogen-bond donors (Lipinski definition) is 3. The van der Waals surface area contributed by atoms with Crippen LogP contribution in [0.15, 0.2) is 10.9 Å². The number of hydrogen-bond acceptors (Lipinski definition) is 5. The Labute approximate surface area is 85.4 Å². The minimum absolute atomic E-state index is 0.000139. The largest absolute Gasteiger partial charge is 0.393 e. The molecule has 0 radical (unpaired) electrons. The van der Waals surface area contributed by atoms with Gasteiger partial charge in [-0.1, -0.05) is 0 Å². The Morgan fingerprint density at radius 1 is 1.79 bits per heavy atom. The number of aliphatic hydroxyl groups excluding tert-OH is 1. The summed E-state index contributed by atoms with van der Waals surface area (Å²) in [6.07, 6.45) is 0. The van der Waals surface area contributed by atoms with Gasteiger partial charge in [0.1, 0.15) is 11.3 Å². The first-order valence-corrected chi connectivity index (χ1v) is 4.99. The zero-order chi connectivity index (χ0) is 10.6. The molecule has 78 valence electrons. The maximum Gasteiger partial charge on any atom is 0.270 e. The molecule has 0 saturated heterocycles. The standard InChI is InChI=1S/C8H12N2O3S/c1-8(13,4-11)3-9-7(12)6-2-14-5-10-6/h2,5,11,13H,3-4H2,1H3,(H,9,12). The smallest absolute Gasteiger partial charge is 0.270 e. The highest BCUT2D eigenvalue weighted by atomic mass is 32.1. The van der Waals surface area contributed by atoms with E-state index in [1.165, 1.54) is 18.3 Å². The molecule has 1 heterocycles. The van der Waals surface area contributed by atoms with E-state index in [4.69, 9.17) is 5.11 Å². The number of amides is 1. The molecule has 3 N–H and O–H groups in total. The summed E-state index contributed by atoms with van der Waals surface area (Å²) in [6.45, 7) is 1.04. The maximum atomic E-state index is 11.3. The molecular weight excluding hydrogens is 204 g/mol. The van der Waals surface area contributed by atoms with Crippen molar-refractivity contribution in [3.8, 4) is 0 Å². The second kappa shape index (κ2) is 4.50. The number of aromatic nitrogens is 1. The first-order chi connectivity index (χ1) is 6.55. The minimum Gasteiger partial charge on any atom is -0.393 e. The molecule has 0 aliphatic rings. The lowest BCUT2D eigenvalue weighted by molar-refractivity contribution is 0.00317. The van der Waals surface area contributed by atoms with E-state index in [0.29, 0.717) is 5.69 Å². The van der Waals surface area contributed by atoms with Gasteiger partial charge in [0.2, 0.25) is 0 Å². The molecule has 0 aliphatic carbocycles. The molecule has 1 aromatic rings. The number of carbonyl (C=O) groups excluding carboxylic acids is 1. The van der Waals surface area contributed by atoms with Gasteiger partial charge in [-0.25, -0.2) is 4.98 Å². The number of nitrogens with zero attached hydrogens (tertiary/aromatic N) is 1. The molecule has 6 heteroatoms. The second-order valence-electron chi connectivity index (χ2n) is 3.21. The molecule has 0 saturated carbocycles. The molecule has 0 aromatic carbocycles. The Bertz CT molecular complexity index is 298. The van der Waals surface area contributed by atoms with E-state index in [1.807, 2.05) is 0 Å². The van der Waals surface area contributed by atoms with Crippen molar-refractivity contribution in [1.29, 1.82) is 0 Å². The fourth-order valence-corrected chi connectivity index (χ4v) is 1.27. The number of aliphatic hydroxyl groups is 2. The topological polar surface area (TPSA) is 82.5 Å². The fraction of sp³-hybridized carbons (Fsp3) is 0.500. The minimum atomic E-state index is -1.29. The van der Waals surface area contributed by atoms with Crippen LogP contribution >= 0.6 is 11.3 Å². The van der Waals surface area contributed by atoms with Crippen LogP contribution in [0.4, 0.5) is 0 Å². The zero-order valence-corrected chi connectivity index (χ0v) is 8.54. The van der Waals surface area contributed by atoms with E-state index >= 15 is 0 Å². The van der Waals surface area contributed by atoms with Gasteiger partial charge in [-0.3, -0.25) is 4.79 Å². The maximum absolute atomic E-state index is 11.3. The number of rotatable bonds is 4. The Hall–Kier alpha value is -0.980. The highest BCUT2D eigenvalue weighted by Gasteiger charge is 2.20. The van der Waals surface area contributed by atoms with E-state index < -0.39 is 12.2 Å². The van der Waals surface area contributed by atoms with Crippen LogP contribution < -0.4 is 5.32 Å². The summed E-state index contributed by atoms with van der Waals surface area (Å²) in [7, 11) is 0. The average molecular weight is 216 g/mol. The molecule has 1 rings (SSSR count). The Kier molecular flexibility index (Phi) is 3.56. The number of carbonyl (C=O) groups is 1. The van der Waals surface area contributed by atoms with Crippen LogP contribution in [0, 0.1) is 0 Å². The van der Waals surface area contributed by atoms with E-state index in [0.717, 1.165) is 0 Å². The van der Waals surface area contributed by atoms with Crippen molar-refractivity contribution < 1.29 is 15.0 Å². The zero-order valence-electron chi connectivity index (χ0n) is 7.73. The molecule has 1 aromatic heterocycles. The van der Waals surface area contributed by atoms with Crippen LogP contribution in [0.5, 0.6) is 0 Å². The molecule has 0 spiro atoms. The molecule has 1 unspecified atom stereocenters. The highest BCUT2D eigenvalue weighted by molar-refractivity contribution is 7.07. The summed E-state index contributed by atoms with van der Waals surface area (Å²) in [5.74, 6) is -0.347. The predicted molar refractivity (Wildman–Crippen MR) is 52.2 cm³/mol. The molecule has 1 amide bonds. The van der Waals surface area contributed by atoms with E-state index in [2.05, 4.69) is 10.3 Å². The summed E-state index contributed by atoms with van der Waals surface area (Å²) >= 11 is 1.32. The van der Waals surface area contributed by atoms with E-state index in [-0.39, 0.29) is 12.5 Å². The molecule has 5 nitrogen and oxygen atoms in total. The normalized spacial score (nSPS) is 14.8. The first kappa shape index (κ1) is 11.1. The predicted octanol–water partition coefficient (Wildman–Crippen LogP) is -0.384. The fourth-order valence-electron chi connectivity index (χ4n) is 0.742. The SMILES string of the molecule is CC(O)(CO)CNC(=O)c1cscn1. The lowest BCUT2D eigenvalue weighted by Crippen LogP contribution is -2.43. The summed E-state index contributed by atoms with van der Waals surface area (Å²) in [5, 5.41) is 22.2. The van der Waals surface area contributed by atoms with Crippen LogP contribution in [0.2, 0.25) is 0 Å². The van der Waals surface area contributed by atoms with Gasteiger partial charge in [0.15, 0.2) is 0 Å². The molecule has 0 bridgehead atoms. The third kappa shape index (κ3) is 3.06. The molecule has 0 fully saturated rings. The molecule has 1 atom stereocenters. The molecule has 14 heavy (non-hydrogen) atoms. The van der Waals surface area contributed by atoms with Crippen molar-refractivity contribution in [1.82, 2.24) is 10.3 Å². The second-order valence-corrected chi connectivity index (χ2v) is 3.93. The van der Waals surface area contributed by atoms with Gasteiger partial charge in [-0.2, -0.15) is 0 Å². The molecular formula is C8H12N2O3S. The number of thiazole rings is 1. The van der Waals surface area contributed by atoms with Crippen molar-refractivity contribution in [2.24, 2.45) is 0 Å². The summed E-state index contributed by atoms with van der Waals surface area (Å²) in [5.41, 5.74) is 0.592. The highest BCUT2D eigenvalue weighted by Crippen LogP contribution is 2.02. The van der Waals surface area contributed by atoms with Crippen LogP contribution in [0.25, 0.3) is 0 Å². The van der Waals surface area contributed by atoms with Gasteiger partial charge >= 0.3 is 0 Å². The van der Waals surface area contributed by atoms with Crippen LogP contribution in [-0.4, -0.2) is 39.9 Å². The van der Waals surface area contributed by atoms with Gasteiger partial charge in [-0.05, 0) is 6.92 Å². The summed E-state index contributed by atoms with van der Waals surface area (Å²) < 4.78 is 0. The lowest BCUT2D eigenvalue weighted by Gasteiger charge is -2.20. The monoisotopic (exact) mass is 216 g/mol. The average Bonchev–Trinajstić information content (AvgIpc) is 2.67. The van der Waals surface area contributed by atoms with Gasteiger partial charge in [0.25, 0.3) is 5.91 Å². The van der Waals surface area contributed by atoms with Crippen molar-refractivity contribution in [2.75, 3.05) is 13.2 Å². The van der Waals surface area contributed by atoms with E-state index in [1.54, 1.807) is 10.9 Å². The van der Waals surface area contributed by atoms with Crippen LogP contribution in [0.1, 0.15) is 17.4 Å². The van der Waals surface area contributed by atoms with Gasteiger partial charge < -0.3 is 15.5 Å². The Morgan fingerprint density at radius 2 is 2.50 bits per heavy atom. The number of nitrogens with one attached hydrogen (secondary N) is 1.